The average Bonchev–Trinajstić information content (AvgIpc) is 2.18. The van der Waals surface area contributed by atoms with Gasteiger partial charge in [0, 0.05) is 39.3 Å². The van der Waals surface area contributed by atoms with Crippen LogP contribution in [-0.2, 0) is 9.53 Å². The number of rotatable bonds is 4. The van der Waals surface area contributed by atoms with Crippen LogP contribution in [0.15, 0.2) is 0 Å². The molecule has 0 spiro atoms. The minimum Gasteiger partial charge on any atom is -0.381 e. The fourth-order valence-corrected chi connectivity index (χ4v) is 1.85. The molecular weight excluding hydrogens is 192 g/mol. The van der Waals surface area contributed by atoms with Crippen molar-refractivity contribution in [1.29, 1.82) is 0 Å². The maximum absolute atomic E-state index is 11.6. The van der Waals surface area contributed by atoms with Crippen LogP contribution in [0.3, 0.4) is 0 Å². The highest BCUT2D eigenvalue weighted by Crippen LogP contribution is 2.15. The van der Waals surface area contributed by atoms with E-state index in [4.69, 9.17) is 10.5 Å². The van der Waals surface area contributed by atoms with Crippen molar-refractivity contribution in [2.75, 3.05) is 26.8 Å². The predicted octanol–water partition coefficient (Wildman–Crippen LogP) is 0.609. The van der Waals surface area contributed by atoms with Gasteiger partial charge >= 0.3 is 0 Å². The zero-order valence-electron chi connectivity index (χ0n) is 9.74. The van der Waals surface area contributed by atoms with Gasteiger partial charge in [0.2, 0.25) is 5.91 Å². The molecule has 0 saturated carbocycles. The Balaban J connectivity index is 2.26. The number of amides is 1. The number of hydrogen-bond donors (Lipinski definition) is 1. The number of carbonyl (C=O) groups is 1. The second-order valence-corrected chi connectivity index (χ2v) is 4.51. The van der Waals surface area contributed by atoms with Crippen LogP contribution < -0.4 is 5.73 Å². The van der Waals surface area contributed by atoms with Gasteiger partial charge < -0.3 is 15.4 Å². The summed E-state index contributed by atoms with van der Waals surface area (Å²) in [5.74, 6) is 0.747. The van der Waals surface area contributed by atoms with E-state index in [1.807, 2.05) is 14.0 Å². The summed E-state index contributed by atoms with van der Waals surface area (Å²) >= 11 is 0. The summed E-state index contributed by atoms with van der Waals surface area (Å²) in [6.45, 7) is 4.37. The van der Waals surface area contributed by atoms with E-state index < -0.39 is 0 Å². The van der Waals surface area contributed by atoms with Crippen molar-refractivity contribution < 1.29 is 9.53 Å². The summed E-state index contributed by atoms with van der Waals surface area (Å²) in [5, 5.41) is 0. The first-order valence-electron chi connectivity index (χ1n) is 5.67. The van der Waals surface area contributed by atoms with E-state index in [0.717, 1.165) is 32.6 Å². The number of hydrogen-bond acceptors (Lipinski definition) is 3. The van der Waals surface area contributed by atoms with Crippen LogP contribution in [0.4, 0.5) is 0 Å². The van der Waals surface area contributed by atoms with Gasteiger partial charge in [-0.05, 0) is 25.7 Å². The van der Waals surface area contributed by atoms with Crippen LogP contribution in [0, 0.1) is 5.92 Å². The van der Waals surface area contributed by atoms with Crippen molar-refractivity contribution in [2.45, 2.75) is 32.2 Å². The Kier molecular flexibility index (Phi) is 5.05. The van der Waals surface area contributed by atoms with Crippen LogP contribution in [0.25, 0.3) is 0 Å². The topological polar surface area (TPSA) is 55.6 Å². The molecule has 0 radical (unpaired) electrons. The lowest BCUT2D eigenvalue weighted by Gasteiger charge is -2.27. The van der Waals surface area contributed by atoms with Gasteiger partial charge in [-0.3, -0.25) is 4.79 Å². The van der Waals surface area contributed by atoms with E-state index in [9.17, 15) is 4.79 Å². The fraction of sp³-hybridized carbons (Fsp3) is 0.909. The second-order valence-electron chi connectivity index (χ2n) is 4.51. The summed E-state index contributed by atoms with van der Waals surface area (Å²) < 4.78 is 5.28. The van der Waals surface area contributed by atoms with Gasteiger partial charge in [-0.25, -0.2) is 0 Å². The molecule has 0 aromatic rings. The van der Waals surface area contributed by atoms with Crippen LogP contribution in [0.2, 0.25) is 0 Å². The molecule has 2 N–H and O–H groups in total. The van der Waals surface area contributed by atoms with Crippen molar-refractivity contribution in [3.63, 3.8) is 0 Å². The first kappa shape index (κ1) is 12.5. The molecule has 1 aliphatic rings. The third-order valence-electron chi connectivity index (χ3n) is 2.80. The molecule has 1 aliphatic heterocycles. The van der Waals surface area contributed by atoms with E-state index in [1.165, 1.54) is 0 Å². The summed E-state index contributed by atoms with van der Waals surface area (Å²) in [7, 11) is 1.86. The molecule has 1 rings (SSSR count). The highest BCUT2D eigenvalue weighted by molar-refractivity contribution is 5.76. The number of ether oxygens (including phenoxy) is 1. The Morgan fingerprint density at radius 3 is 2.67 bits per heavy atom. The van der Waals surface area contributed by atoms with E-state index in [0.29, 0.717) is 12.3 Å². The molecule has 1 fully saturated rings. The van der Waals surface area contributed by atoms with E-state index in [1.54, 1.807) is 4.90 Å². The fourth-order valence-electron chi connectivity index (χ4n) is 1.85. The van der Waals surface area contributed by atoms with Gasteiger partial charge in [0.15, 0.2) is 0 Å². The Labute approximate surface area is 91.8 Å². The van der Waals surface area contributed by atoms with Crippen molar-refractivity contribution in [1.82, 2.24) is 4.90 Å². The molecular formula is C11H22N2O2. The van der Waals surface area contributed by atoms with Crippen LogP contribution >= 0.6 is 0 Å². The molecule has 1 amide bonds. The molecule has 4 heteroatoms. The van der Waals surface area contributed by atoms with E-state index >= 15 is 0 Å². The van der Waals surface area contributed by atoms with Crippen molar-refractivity contribution >= 4 is 5.91 Å². The highest BCUT2D eigenvalue weighted by atomic mass is 16.5. The minimum absolute atomic E-state index is 0.0466. The molecule has 0 aromatic carbocycles. The maximum atomic E-state index is 11.6. The first-order chi connectivity index (χ1) is 7.09. The standard InChI is InChI=1S/C11H22N2O2/c1-9(12)7-11(14)13(2)8-10-3-5-15-6-4-10/h9-10H,3-8,12H2,1-2H3. The van der Waals surface area contributed by atoms with E-state index in [2.05, 4.69) is 0 Å². The summed E-state index contributed by atoms with van der Waals surface area (Å²) in [4.78, 5) is 13.4. The maximum Gasteiger partial charge on any atom is 0.223 e. The third kappa shape index (κ3) is 4.62. The normalized spacial score (nSPS) is 19.9. The largest absolute Gasteiger partial charge is 0.381 e. The van der Waals surface area contributed by atoms with E-state index in [-0.39, 0.29) is 11.9 Å². The first-order valence-corrected chi connectivity index (χ1v) is 5.67. The molecule has 1 unspecified atom stereocenters. The summed E-state index contributed by atoms with van der Waals surface area (Å²) in [6, 6.07) is -0.0466. The lowest BCUT2D eigenvalue weighted by atomic mass is 10.00. The van der Waals surface area contributed by atoms with Gasteiger partial charge in [-0.1, -0.05) is 0 Å². The Bertz CT molecular complexity index is 201. The molecule has 15 heavy (non-hydrogen) atoms. The quantitative estimate of drug-likeness (QED) is 0.746. The molecule has 88 valence electrons. The van der Waals surface area contributed by atoms with Crippen molar-refractivity contribution in [2.24, 2.45) is 11.7 Å². The third-order valence-corrected chi connectivity index (χ3v) is 2.80. The summed E-state index contributed by atoms with van der Waals surface area (Å²) in [5.41, 5.74) is 5.60. The second kappa shape index (κ2) is 6.08. The highest BCUT2D eigenvalue weighted by Gasteiger charge is 2.18. The molecule has 1 atom stereocenters. The Morgan fingerprint density at radius 2 is 2.13 bits per heavy atom. The Hall–Kier alpha value is -0.610. The molecule has 0 bridgehead atoms. The smallest absolute Gasteiger partial charge is 0.223 e. The number of nitrogens with zero attached hydrogens (tertiary/aromatic N) is 1. The van der Waals surface area contributed by atoms with Gasteiger partial charge in [-0.2, -0.15) is 0 Å². The Morgan fingerprint density at radius 1 is 1.53 bits per heavy atom. The van der Waals surface area contributed by atoms with Gasteiger partial charge in [0.05, 0.1) is 0 Å². The number of nitrogens with two attached hydrogens (primary N) is 1. The predicted molar refractivity (Wildman–Crippen MR) is 59.4 cm³/mol. The average molecular weight is 214 g/mol. The summed E-state index contributed by atoms with van der Waals surface area (Å²) in [6.07, 6.45) is 2.57. The van der Waals surface area contributed by atoms with Crippen LogP contribution in [-0.4, -0.2) is 43.7 Å². The molecule has 1 heterocycles. The van der Waals surface area contributed by atoms with Crippen molar-refractivity contribution in [3.8, 4) is 0 Å². The van der Waals surface area contributed by atoms with Gasteiger partial charge in [0.1, 0.15) is 0 Å². The molecule has 0 aliphatic carbocycles. The lowest BCUT2D eigenvalue weighted by molar-refractivity contribution is -0.131. The molecule has 0 aromatic heterocycles. The van der Waals surface area contributed by atoms with Gasteiger partial charge in [0.25, 0.3) is 0 Å². The van der Waals surface area contributed by atoms with Crippen molar-refractivity contribution in [3.05, 3.63) is 0 Å². The zero-order chi connectivity index (χ0) is 11.3. The SMILES string of the molecule is CC(N)CC(=O)N(C)CC1CCOCC1. The lowest BCUT2D eigenvalue weighted by Crippen LogP contribution is -2.36. The van der Waals surface area contributed by atoms with Crippen LogP contribution in [0.1, 0.15) is 26.2 Å². The molecule has 4 nitrogen and oxygen atoms in total. The monoisotopic (exact) mass is 214 g/mol. The number of carbonyl (C=O) groups excluding carboxylic acids is 1. The minimum atomic E-state index is -0.0466. The van der Waals surface area contributed by atoms with Gasteiger partial charge in [-0.15, -0.1) is 0 Å². The van der Waals surface area contributed by atoms with Crippen LogP contribution in [0.5, 0.6) is 0 Å². The molecule has 1 saturated heterocycles. The zero-order valence-corrected chi connectivity index (χ0v) is 9.74.